The minimum Gasteiger partial charge on any atom is -0.416 e. The van der Waals surface area contributed by atoms with Gasteiger partial charge in [0.15, 0.2) is 9.84 Å². The summed E-state index contributed by atoms with van der Waals surface area (Å²) >= 11 is 1.45. The quantitative estimate of drug-likeness (QED) is 0.469. The molecule has 0 aliphatic carbocycles. The zero-order chi connectivity index (χ0) is 18.9. The van der Waals surface area contributed by atoms with Crippen LogP contribution in [0.2, 0.25) is 0 Å². The third-order valence-electron chi connectivity index (χ3n) is 4.67. The minimum atomic E-state index is -2.89. The van der Waals surface area contributed by atoms with E-state index in [0.717, 1.165) is 23.2 Å². The molecule has 0 saturated carbocycles. The van der Waals surface area contributed by atoms with Crippen molar-refractivity contribution in [2.45, 2.75) is 31.0 Å². The number of benzene rings is 1. The van der Waals surface area contributed by atoms with Gasteiger partial charge in [-0.1, -0.05) is 23.9 Å². The minimum absolute atomic E-state index is 0.0713. The van der Waals surface area contributed by atoms with Crippen molar-refractivity contribution in [2.75, 3.05) is 17.3 Å². The number of nitrogens with zero attached hydrogens (tertiary/aromatic N) is 3. The predicted molar refractivity (Wildman–Crippen MR) is 103 cm³/mol. The number of aryl methyl sites for hydroxylation is 1. The van der Waals surface area contributed by atoms with Gasteiger partial charge < -0.3 is 9.40 Å². The van der Waals surface area contributed by atoms with E-state index in [2.05, 4.69) is 15.2 Å². The van der Waals surface area contributed by atoms with Crippen molar-refractivity contribution < 1.29 is 12.8 Å². The summed E-state index contributed by atoms with van der Waals surface area (Å²) in [6, 6.07) is 7.62. The monoisotopic (exact) mass is 408 g/mol. The number of aromatic nitrogens is 4. The Morgan fingerprint density at radius 3 is 2.96 bits per heavy atom. The smallest absolute Gasteiger partial charge is 0.326 e. The normalized spacial score (nSPS) is 19.0. The van der Waals surface area contributed by atoms with Crippen molar-refractivity contribution in [3.05, 3.63) is 40.6 Å². The molecule has 0 bridgehead atoms. The Bertz CT molecular complexity index is 1100. The van der Waals surface area contributed by atoms with Gasteiger partial charge in [0.25, 0.3) is 5.22 Å². The molecule has 3 heterocycles. The summed E-state index contributed by atoms with van der Waals surface area (Å²) in [6.45, 7) is 0.608. The molecule has 4 rings (SSSR count). The number of thioether (sulfide) groups is 1. The van der Waals surface area contributed by atoms with E-state index in [-0.39, 0.29) is 23.1 Å². The number of imidazole rings is 1. The van der Waals surface area contributed by atoms with Gasteiger partial charge in [-0.25, -0.2) is 13.2 Å². The van der Waals surface area contributed by atoms with Crippen LogP contribution < -0.4 is 5.69 Å². The van der Waals surface area contributed by atoms with Gasteiger partial charge in [0.2, 0.25) is 5.89 Å². The maximum atomic E-state index is 12.0. The van der Waals surface area contributed by atoms with Gasteiger partial charge in [0.1, 0.15) is 0 Å². The van der Waals surface area contributed by atoms with Crippen LogP contribution in [0.1, 0.15) is 18.7 Å². The second-order valence-electron chi connectivity index (χ2n) is 6.74. The molecule has 144 valence electrons. The molecule has 0 spiro atoms. The summed E-state index contributed by atoms with van der Waals surface area (Å²) in [5.74, 6) is 1.76. The average Bonchev–Trinajstić information content (AvgIpc) is 3.30. The fraction of sp³-hybridized carbons (Fsp3) is 0.471. The molecule has 1 aliphatic rings. The lowest BCUT2D eigenvalue weighted by atomic mass is 10.1. The molecule has 1 fully saturated rings. The number of nitrogens with one attached hydrogen (secondary N) is 1. The van der Waals surface area contributed by atoms with Gasteiger partial charge in [-0.05, 0) is 30.9 Å². The molecule has 1 saturated heterocycles. The molecule has 1 aromatic carbocycles. The molecule has 0 amide bonds. The number of fused-ring (bicyclic) bond motifs is 1. The van der Waals surface area contributed by atoms with Crippen LogP contribution in [-0.2, 0) is 22.8 Å². The van der Waals surface area contributed by atoms with Crippen LogP contribution >= 0.6 is 11.8 Å². The zero-order valence-electron chi connectivity index (χ0n) is 14.6. The molecule has 0 radical (unpaired) electrons. The maximum Gasteiger partial charge on any atom is 0.326 e. The molecule has 1 aliphatic heterocycles. The summed E-state index contributed by atoms with van der Waals surface area (Å²) < 4.78 is 30.4. The molecule has 27 heavy (non-hydrogen) atoms. The van der Waals surface area contributed by atoms with E-state index in [1.807, 2.05) is 24.3 Å². The van der Waals surface area contributed by atoms with Crippen LogP contribution in [-0.4, -0.2) is 45.4 Å². The Kier molecular flexibility index (Phi) is 5.09. The van der Waals surface area contributed by atoms with Crippen LogP contribution in [0.25, 0.3) is 11.0 Å². The highest BCUT2D eigenvalue weighted by atomic mass is 32.2. The number of hydrogen-bond acceptors (Lipinski definition) is 7. The highest BCUT2D eigenvalue weighted by molar-refractivity contribution is 7.99. The van der Waals surface area contributed by atoms with E-state index < -0.39 is 9.84 Å². The first-order valence-electron chi connectivity index (χ1n) is 8.83. The van der Waals surface area contributed by atoms with Crippen molar-refractivity contribution in [3.8, 4) is 0 Å². The number of para-hydroxylation sites is 2. The molecular formula is C17H20N4O4S2. The Hall–Kier alpha value is -2.07. The average molecular weight is 409 g/mol. The molecule has 0 unspecified atom stereocenters. The first-order chi connectivity index (χ1) is 13.0. The summed E-state index contributed by atoms with van der Waals surface area (Å²) in [6.07, 6.45) is 1.95. The number of hydrogen-bond donors (Lipinski definition) is 1. The van der Waals surface area contributed by atoms with E-state index in [9.17, 15) is 13.2 Å². The molecule has 1 N–H and O–H groups in total. The van der Waals surface area contributed by atoms with Gasteiger partial charge in [-0.2, -0.15) is 0 Å². The summed E-state index contributed by atoms with van der Waals surface area (Å²) in [5.41, 5.74) is 1.64. The maximum absolute atomic E-state index is 12.0. The van der Waals surface area contributed by atoms with Crippen molar-refractivity contribution >= 4 is 32.6 Å². The van der Waals surface area contributed by atoms with Crippen molar-refractivity contribution in [1.29, 1.82) is 0 Å². The van der Waals surface area contributed by atoms with Gasteiger partial charge >= 0.3 is 5.69 Å². The molecule has 10 heteroatoms. The number of H-pyrrole nitrogens is 1. The van der Waals surface area contributed by atoms with Crippen LogP contribution in [0.4, 0.5) is 0 Å². The lowest BCUT2D eigenvalue weighted by Crippen LogP contribution is -2.17. The van der Waals surface area contributed by atoms with Crippen molar-refractivity contribution in [2.24, 2.45) is 5.92 Å². The molecule has 8 nitrogen and oxygen atoms in total. The molecular weight excluding hydrogens is 388 g/mol. The van der Waals surface area contributed by atoms with E-state index >= 15 is 0 Å². The van der Waals surface area contributed by atoms with E-state index in [0.29, 0.717) is 30.5 Å². The van der Waals surface area contributed by atoms with Gasteiger partial charge in [0, 0.05) is 18.7 Å². The molecule has 1 atom stereocenters. The van der Waals surface area contributed by atoms with Crippen LogP contribution in [0.3, 0.4) is 0 Å². The second-order valence-corrected chi connectivity index (χ2v) is 10.0. The van der Waals surface area contributed by atoms with Crippen LogP contribution in [0.15, 0.2) is 38.7 Å². The Balaban J connectivity index is 1.28. The summed E-state index contributed by atoms with van der Waals surface area (Å²) in [7, 11) is -2.89. The topological polar surface area (TPSA) is 111 Å². The Morgan fingerprint density at radius 1 is 1.30 bits per heavy atom. The SMILES string of the molecule is O=c1[nH]c2ccccc2n1CCCSc1nnc(C[C@@H]2CCS(=O)(=O)C2)o1. The Morgan fingerprint density at radius 2 is 2.15 bits per heavy atom. The Labute approximate surface area is 160 Å². The van der Waals surface area contributed by atoms with Gasteiger partial charge in [0.05, 0.1) is 22.5 Å². The molecule has 3 aromatic rings. The van der Waals surface area contributed by atoms with Crippen molar-refractivity contribution in [3.63, 3.8) is 0 Å². The largest absolute Gasteiger partial charge is 0.416 e. The van der Waals surface area contributed by atoms with Gasteiger partial charge in [-0.3, -0.25) is 4.57 Å². The number of rotatable bonds is 7. The lowest BCUT2D eigenvalue weighted by Gasteiger charge is -2.02. The third kappa shape index (κ3) is 4.27. The summed E-state index contributed by atoms with van der Waals surface area (Å²) in [4.78, 5) is 14.9. The van der Waals surface area contributed by atoms with E-state index in [1.165, 1.54) is 11.8 Å². The standard InChI is InChI=1S/C17H20N4O4S2/c22-16-18-13-4-1-2-5-14(13)21(16)7-3-8-26-17-20-19-15(25-17)10-12-6-9-27(23,24)11-12/h1-2,4-5,12H,3,6-11H2,(H,18,22)/t12-/m0/s1. The first kappa shape index (κ1) is 18.3. The third-order valence-corrected chi connectivity index (χ3v) is 7.41. The summed E-state index contributed by atoms with van der Waals surface area (Å²) in [5, 5.41) is 8.52. The fourth-order valence-electron chi connectivity index (χ4n) is 3.37. The highest BCUT2D eigenvalue weighted by Gasteiger charge is 2.29. The fourth-order valence-corrected chi connectivity index (χ4v) is 5.93. The number of aromatic amines is 1. The second kappa shape index (κ2) is 7.51. The van der Waals surface area contributed by atoms with E-state index in [4.69, 9.17) is 4.42 Å². The van der Waals surface area contributed by atoms with Gasteiger partial charge in [-0.15, -0.1) is 10.2 Å². The zero-order valence-corrected chi connectivity index (χ0v) is 16.3. The lowest BCUT2D eigenvalue weighted by molar-refractivity contribution is 0.389. The number of sulfone groups is 1. The molecule has 2 aromatic heterocycles. The van der Waals surface area contributed by atoms with Crippen molar-refractivity contribution in [1.82, 2.24) is 19.7 Å². The highest BCUT2D eigenvalue weighted by Crippen LogP contribution is 2.24. The predicted octanol–water partition coefficient (Wildman–Crippen LogP) is 1.87. The first-order valence-corrected chi connectivity index (χ1v) is 11.6. The van der Waals surface area contributed by atoms with E-state index in [1.54, 1.807) is 4.57 Å². The van der Waals surface area contributed by atoms with Crippen LogP contribution in [0.5, 0.6) is 0 Å². The van der Waals surface area contributed by atoms with Crippen LogP contribution in [0, 0.1) is 5.92 Å².